The van der Waals surface area contributed by atoms with Gasteiger partial charge < -0.3 is 24.4 Å². The topological polar surface area (TPSA) is 94.2 Å². The van der Waals surface area contributed by atoms with Crippen molar-refractivity contribution in [2.24, 2.45) is 11.3 Å². The monoisotopic (exact) mass is 674 g/mol. The van der Waals surface area contributed by atoms with E-state index >= 15 is 0 Å². The standard InChI is InChI=1S/C42H46N2O6/c1-30-42(41(47)48-2)26-35(24-39(45)43-23-12-11-16-31-14-5-3-6-15-31)40(46)44(27-34-21-13-20-33-19-9-10-22-37(33)34)38(42)25-36(50-30)29-49-28-32-17-7-4-8-18-32/h3-10,13-15,17-22,25,30,35-36H,11-12,16,23-24,26-29H2,1-2H3,(H,43,45)/t30-,35+,36-,42+/m1/s1. The van der Waals surface area contributed by atoms with Crippen LogP contribution in [0, 0.1) is 11.3 Å². The van der Waals surface area contributed by atoms with E-state index in [1.54, 1.807) is 4.90 Å². The summed E-state index contributed by atoms with van der Waals surface area (Å²) >= 11 is 0. The van der Waals surface area contributed by atoms with E-state index in [-0.39, 0.29) is 37.8 Å². The molecule has 1 fully saturated rings. The fourth-order valence-corrected chi connectivity index (χ4v) is 7.40. The number of nitrogens with one attached hydrogen (secondary N) is 1. The van der Waals surface area contributed by atoms with Crippen LogP contribution in [-0.2, 0) is 48.2 Å². The van der Waals surface area contributed by atoms with Crippen molar-refractivity contribution in [1.82, 2.24) is 10.2 Å². The molecule has 2 heterocycles. The Morgan fingerprint density at radius 1 is 0.900 bits per heavy atom. The molecule has 1 N–H and O–H groups in total. The number of piperidine rings is 1. The minimum atomic E-state index is -1.29. The largest absolute Gasteiger partial charge is 0.468 e. The van der Waals surface area contributed by atoms with Gasteiger partial charge in [0.05, 0.1) is 33.0 Å². The van der Waals surface area contributed by atoms with Crippen molar-refractivity contribution in [3.63, 3.8) is 0 Å². The number of benzene rings is 4. The first-order valence-corrected chi connectivity index (χ1v) is 17.6. The number of unbranched alkanes of at least 4 members (excludes halogenated alkanes) is 1. The number of hydrogen-bond acceptors (Lipinski definition) is 6. The molecule has 0 radical (unpaired) electrons. The fraction of sp³-hybridized carbons (Fsp3) is 0.357. The van der Waals surface area contributed by atoms with Crippen molar-refractivity contribution >= 4 is 28.6 Å². The van der Waals surface area contributed by atoms with Crippen molar-refractivity contribution in [2.45, 2.75) is 64.4 Å². The van der Waals surface area contributed by atoms with Crippen LogP contribution in [0.25, 0.3) is 10.8 Å². The number of rotatable bonds is 14. The molecule has 8 nitrogen and oxygen atoms in total. The Morgan fingerprint density at radius 2 is 1.60 bits per heavy atom. The number of carbonyl (C=O) groups excluding carboxylic acids is 3. The zero-order valence-electron chi connectivity index (χ0n) is 28.9. The molecule has 0 aliphatic carbocycles. The molecule has 8 heteroatoms. The molecule has 0 spiro atoms. The van der Waals surface area contributed by atoms with E-state index in [0.717, 1.165) is 41.2 Å². The molecule has 0 saturated carbocycles. The summed E-state index contributed by atoms with van der Waals surface area (Å²) in [7, 11) is 1.36. The van der Waals surface area contributed by atoms with E-state index in [0.29, 0.717) is 18.8 Å². The summed E-state index contributed by atoms with van der Waals surface area (Å²) in [5.41, 5.74) is 2.51. The van der Waals surface area contributed by atoms with Gasteiger partial charge in [-0.15, -0.1) is 0 Å². The van der Waals surface area contributed by atoms with Crippen LogP contribution in [0.2, 0.25) is 0 Å². The van der Waals surface area contributed by atoms with Crippen molar-refractivity contribution in [1.29, 1.82) is 0 Å². The maximum Gasteiger partial charge on any atom is 0.320 e. The Kier molecular flexibility index (Phi) is 11.4. The van der Waals surface area contributed by atoms with E-state index in [1.165, 1.54) is 12.7 Å². The van der Waals surface area contributed by atoms with Gasteiger partial charge in [0.2, 0.25) is 11.8 Å². The van der Waals surface area contributed by atoms with E-state index in [1.807, 2.05) is 104 Å². The number of amides is 2. The Labute approximate surface area is 294 Å². The Morgan fingerprint density at radius 3 is 2.36 bits per heavy atom. The van der Waals surface area contributed by atoms with Gasteiger partial charge in [0.15, 0.2) is 0 Å². The summed E-state index contributed by atoms with van der Waals surface area (Å²) in [5.74, 6) is -1.64. The third kappa shape index (κ3) is 7.82. The van der Waals surface area contributed by atoms with Crippen LogP contribution in [0.5, 0.6) is 0 Å². The van der Waals surface area contributed by atoms with E-state index in [9.17, 15) is 14.4 Å². The first-order valence-electron chi connectivity index (χ1n) is 17.6. The number of fused-ring (bicyclic) bond motifs is 2. The Balaban J connectivity index is 1.25. The highest BCUT2D eigenvalue weighted by molar-refractivity contribution is 5.93. The molecule has 4 aromatic rings. The number of ether oxygens (including phenoxy) is 3. The molecule has 260 valence electrons. The molecule has 50 heavy (non-hydrogen) atoms. The molecule has 2 aliphatic heterocycles. The maximum atomic E-state index is 14.5. The molecule has 0 unspecified atom stereocenters. The van der Waals surface area contributed by atoms with Gasteiger partial charge in [-0.1, -0.05) is 103 Å². The highest BCUT2D eigenvalue weighted by Crippen LogP contribution is 2.51. The molecule has 0 aromatic heterocycles. The average Bonchev–Trinajstić information content (AvgIpc) is 3.14. The number of carbonyl (C=O) groups is 3. The van der Waals surface area contributed by atoms with Crippen molar-refractivity contribution in [3.05, 3.63) is 132 Å². The van der Waals surface area contributed by atoms with Gasteiger partial charge in [-0.2, -0.15) is 0 Å². The molecule has 4 aromatic carbocycles. The third-order valence-corrected chi connectivity index (χ3v) is 9.99. The second-order valence-corrected chi connectivity index (χ2v) is 13.3. The van der Waals surface area contributed by atoms with E-state index in [2.05, 4.69) is 17.4 Å². The van der Waals surface area contributed by atoms with Gasteiger partial charge >= 0.3 is 5.97 Å². The van der Waals surface area contributed by atoms with Gasteiger partial charge in [0.25, 0.3) is 0 Å². The lowest BCUT2D eigenvalue weighted by atomic mass is 9.66. The van der Waals surface area contributed by atoms with Gasteiger partial charge in [0, 0.05) is 24.6 Å². The van der Waals surface area contributed by atoms with Crippen molar-refractivity contribution in [3.8, 4) is 0 Å². The number of likely N-dealkylation sites (tertiary alicyclic amines) is 1. The molecule has 0 bridgehead atoms. The van der Waals surface area contributed by atoms with Crippen molar-refractivity contribution in [2.75, 3.05) is 20.3 Å². The first-order chi connectivity index (χ1) is 24.4. The molecule has 4 atom stereocenters. The van der Waals surface area contributed by atoms with Gasteiger partial charge in [-0.05, 0) is 66.1 Å². The Bertz CT molecular complexity index is 1800. The van der Waals surface area contributed by atoms with E-state index < -0.39 is 29.5 Å². The molecule has 6 rings (SSSR count). The molecular weight excluding hydrogens is 628 g/mol. The minimum Gasteiger partial charge on any atom is -0.468 e. The number of nitrogens with zero attached hydrogens (tertiary/aromatic N) is 1. The molecule has 2 aliphatic rings. The summed E-state index contributed by atoms with van der Waals surface area (Å²) < 4.78 is 18.0. The van der Waals surface area contributed by atoms with Crippen LogP contribution in [0.1, 0.15) is 49.3 Å². The second-order valence-electron chi connectivity index (χ2n) is 13.3. The second kappa shape index (κ2) is 16.3. The lowest BCUT2D eigenvalue weighted by molar-refractivity contribution is -0.178. The predicted octanol–water partition coefficient (Wildman–Crippen LogP) is 6.76. The van der Waals surface area contributed by atoms with Crippen LogP contribution in [-0.4, -0.2) is 55.2 Å². The summed E-state index contributed by atoms with van der Waals surface area (Å²) in [4.78, 5) is 43.5. The quantitative estimate of drug-likeness (QED) is 0.117. The van der Waals surface area contributed by atoms with Crippen LogP contribution in [0.4, 0.5) is 0 Å². The number of aryl methyl sites for hydroxylation is 1. The highest BCUT2D eigenvalue weighted by Gasteiger charge is 2.59. The number of hydrogen-bond donors (Lipinski definition) is 1. The Hall–Kier alpha value is -4.79. The summed E-state index contributed by atoms with van der Waals surface area (Å²) in [5, 5.41) is 5.09. The molecule has 1 saturated heterocycles. The summed E-state index contributed by atoms with van der Waals surface area (Å²) in [6.07, 6.45) is 3.48. The average molecular weight is 675 g/mol. The van der Waals surface area contributed by atoms with E-state index in [4.69, 9.17) is 14.2 Å². The van der Waals surface area contributed by atoms with Crippen LogP contribution in [0.15, 0.2) is 115 Å². The summed E-state index contributed by atoms with van der Waals surface area (Å²) in [6.45, 7) is 3.25. The van der Waals surface area contributed by atoms with Crippen molar-refractivity contribution < 1.29 is 28.6 Å². The number of esters is 1. The minimum absolute atomic E-state index is 0.0358. The van der Waals surface area contributed by atoms with Crippen LogP contribution >= 0.6 is 0 Å². The van der Waals surface area contributed by atoms with Gasteiger partial charge in [-0.25, -0.2) is 0 Å². The lowest BCUT2D eigenvalue weighted by Crippen LogP contribution is -2.60. The fourth-order valence-electron chi connectivity index (χ4n) is 7.40. The molecular formula is C42H46N2O6. The predicted molar refractivity (Wildman–Crippen MR) is 193 cm³/mol. The van der Waals surface area contributed by atoms with Crippen LogP contribution < -0.4 is 5.32 Å². The zero-order valence-corrected chi connectivity index (χ0v) is 28.9. The first kappa shape index (κ1) is 35.1. The highest BCUT2D eigenvalue weighted by atomic mass is 16.5. The maximum absolute atomic E-state index is 14.5. The van der Waals surface area contributed by atoms with Gasteiger partial charge in [0.1, 0.15) is 11.5 Å². The summed E-state index contributed by atoms with van der Waals surface area (Å²) in [6, 6.07) is 34.2. The third-order valence-electron chi connectivity index (χ3n) is 9.99. The SMILES string of the molecule is COC(=O)[C@]12C[C@H](CC(=O)NCCCCc3ccccc3)C(=O)N(Cc3cccc4ccccc34)C1=C[C@H](COCc1ccccc1)O[C@@H]2C. The smallest absolute Gasteiger partial charge is 0.320 e. The lowest BCUT2D eigenvalue weighted by Gasteiger charge is -2.51. The molecule has 2 amide bonds. The van der Waals surface area contributed by atoms with Crippen LogP contribution in [0.3, 0.4) is 0 Å². The zero-order chi connectivity index (χ0) is 34.9. The van der Waals surface area contributed by atoms with Gasteiger partial charge in [-0.3, -0.25) is 14.4 Å². The normalized spacial score (nSPS) is 21.7. The number of methoxy groups -OCH3 is 1.